The van der Waals surface area contributed by atoms with Crippen LogP contribution in [0.1, 0.15) is 89.9 Å². The lowest BCUT2D eigenvalue weighted by molar-refractivity contribution is 0.311. The van der Waals surface area contributed by atoms with Gasteiger partial charge < -0.3 is 0 Å². The molecule has 0 saturated heterocycles. The fraction of sp³-hybridized carbons (Fsp3) is 0.889. The summed E-state index contributed by atoms with van der Waals surface area (Å²) in [5.74, 6) is 1.93. The van der Waals surface area contributed by atoms with Gasteiger partial charge in [0.1, 0.15) is 0 Å². The average Bonchev–Trinajstić information content (AvgIpc) is 2.61. The highest BCUT2D eigenvalue weighted by Gasteiger charge is 2.19. The highest BCUT2D eigenvalue weighted by Crippen LogP contribution is 2.32. The summed E-state index contributed by atoms with van der Waals surface area (Å²) in [5, 5.41) is 0. The molecule has 0 N–H and O–H groups in total. The third kappa shape index (κ3) is 5.16. The van der Waals surface area contributed by atoms with Crippen LogP contribution in [0.3, 0.4) is 0 Å². The lowest BCUT2D eigenvalue weighted by atomic mass is 9.81. The molecule has 1 atom stereocenters. The Kier molecular flexibility index (Phi) is 6.90. The Labute approximate surface area is 114 Å². The molecule has 2 aliphatic carbocycles. The van der Waals surface area contributed by atoms with Gasteiger partial charge in [0, 0.05) is 0 Å². The van der Waals surface area contributed by atoms with Gasteiger partial charge in [-0.2, -0.15) is 0 Å². The Morgan fingerprint density at radius 1 is 0.556 bits per heavy atom. The molecule has 0 amide bonds. The van der Waals surface area contributed by atoms with Crippen LogP contribution in [0.4, 0.5) is 0 Å². The van der Waals surface area contributed by atoms with Gasteiger partial charge in [-0.25, -0.2) is 0 Å². The minimum Gasteiger partial charge on any atom is -0.0882 e. The van der Waals surface area contributed by atoms with Crippen molar-refractivity contribution in [2.45, 2.75) is 89.9 Å². The quantitative estimate of drug-likeness (QED) is 0.480. The average molecular weight is 248 g/mol. The molecule has 104 valence electrons. The molecule has 0 aliphatic heterocycles. The Balaban J connectivity index is 1.89. The summed E-state index contributed by atoms with van der Waals surface area (Å²) in [4.78, 5) is 0. The van der Waals surface area contributed by atoms with Crippen LogP contribution in [0.5, 0.6) is 0 Å². The standard InChI is InChI=1S/C18H32/c1-2-6-10-14-17(13-9-5-1)18-15-11-7-3-4-8-12-16-18/h9,13,17-18H,1-8,10-12,14-16H2/b13-9-. The molecule has 2 aliphatic rings. The second kappa shape index (κ2) is 8.77. The topological polar surface area (TPSA) is 0 Å². The van der Waals surface area contributed by atoms with Crippen LogP contribution in [0.2, 0.25) is 0 Å². The van der Waals surface area contributed by atoms with Crippen LogP contribution in [0.25, 0.3) is 0 Å². The van der Waals surface area contributed by atoms with Crippen molar-refractivity contribution in [3.8, 4) is 0 Å². The molecular formula is C18H32. The predicted octanol–water partition coefficient (Wildman–Crippen LogP) is 6.26. The fourth-order valence-corrected chi connectivity index (χ4v) is 3.85. The maximum atomic E-state index is 2.61. The smallest absolute Gasteiger partial charge is 0.0205 e. The SMILES string of the molecule is C1=C\C(C2CCCCCCCC2)CCCCCC/1. The molecule has 0 bridgehead atoms. The van der Waals surface area contributed by atoms with Crippen LogP contribution in [-0.2, 0) is 0 Å². The molecule has 0 spiro atoms. The van der Waals surface area contributed by atoms with Crippen LogP contribution in [-0.4, -0.2) is 0 Å². The summed E-state index contributed by atoms with van der Waals surface area (Å²) in [7, 11) is 0. The van der Waals surface area contributed by atoms with Crippen molar-refractivity contribution in [1.29, 1.82) is 0 Å². The first-order valence-electron chi connectivity index (χ1n) is 8.63. The minimum absolute atomic E-state index is 0.918. The number of hydrogen-bond acceptors (Lipinski definition) is 0. The number of rotatable bonds is 1. The van der Waals surface area contributed by atoms with E-state index < -0.39 is 0 Å². The zero-order valence-corrected chi connectivity index (χ0v) is 12.2. The van der Waals surface area contributed by atoms with Gasteiger partial charge in [0.2, 0.25) is 0 Å². The van der Waals surface area contributed by atoms with Gasteiger partial charge in [-0.3, -0.25) is 0 Å². The predicted molar refractivity (Wildman–Crippen MR) is 80.8 cm³/mol. The van der Waals surface area contributed by atoms with Crippen molar-refractivity contribution in [2.24, 2.45) is 11.8 Å². The van der Waals surface area contributed by atoms with Gasteiger partial charge in [-0.1, -0.05) is 69.9 Å². The second-order valence-electron chi connectivity index (χ2n) is 6.54. The molecule has 0 heteroatoms. The van der Waals surface area contributed by atoms with Crippen LogP contribution >= 0.6 is 0 Å². The van der Waals surface area contributed by atoms with E-state index in [1.54, 1.807) is 0 Å². The number of allylic oxidation sites excluding steroid dienone is 2. The summed E-state index contributed by atoms with van der Waals surface area (Å²) >= 11 is 0. The van der Waals surface area contributed by atoms with Crippen molar-refractivity contribution in [3.63, 3.8) is 0 Å². The summed E-state index contributed by atoms with van der Waals surface area (Å²) in [6.45, 7) is 0. The molecule has 0 heterocycles. The lowest BCUT2D eigenvalue weighted by Gasteiger charge is -2.24. The van der Waals surface area contributed by atoms with E-state index in [-0.39, 0.29) is 0 Å². The Morgan fingerprint density at radius 3 is 1.83 bits per heavy atom. The highest BCUT2D eigenvalue weighted by atomic mass is 14.2. The highest BCUT2D eigenvalue weighted by molar-refractivity contribution is 4.92. The van der Waals surface area contributed by atoms with E-state index in [9.17, 15) is 0 Å². The van der Waals surface area contributed by atoms with Gasteiger partial charge in [0.25, 0.3) is 0 Å². The molecule has 2 rings (SSSR count). The Morgan fingerprint density at radius 2 is 1.11 bits per heavy atom. The monoisotopic (exact) mass is 248 g/mol. The van der Waals surface area contributed by atoms with E-state index in [1.807, 2.05) is 0 Å². The first kappa shape index (κ1) is 14.2. The molecule has 18 heavy (non-hydrogen) atoms. The second-order valence-corrected chi connectivity index (χ2v) is 6.54. The zero-order valence-electron chi connectivity index (χ0n) is 12.2. The van der Waals surface area contributed by atoms with E-state index in [4.69, 9.17) is 0 Å². The zero-order chi connectivity index (χ0) is 12.5. The lowest BCUT2D eigenvalue weighted by Crippen LogP contribution is -2.13. The number of hydrogen-bond donors (Lipinski definition) is 0. The van der Waals surface area contributed by atoms with Gasteiger partial charge in [-0.05, 0) is 43.9 Å². The first-order valence-corrected chi connectivity index (χ1v) is 8.63. The summed E-state index contributed by atoms with van der Waals surface area (Å²) < 4.78 is 0. The van der Waals surface area contributed by atoms with Crippen LogP contribution < -0.4 is 0 Å². The van der Waals surface area contributed by atoms with Crippen molar-refractivity contribution in [1.82, 2.24) is 0 Å². The van der Waals surface area contributed by atoms with Gasteiger partial charge in [0.05, 0.1) is 0 Å². The molecule has 0 nitrogen and oxygen atoms in total. The van der Waals surface area contributed by atoms with Gasteiger partial charge in [-0.15, -0.1) is 0 Å². The first-order chi connectivity index (χ1) is 8.97. The molecular weight excluding hydrogens is 216 g/mol. The maximum absolute atomic E-state index is 2.61. The molecule has 1 fully saturated rings. The van der Waals surface area contributed by atoms with Gasteiger partial charge >= 0.3 is 0 Å². The molecule has 0 aromatic carbocycles. The van der Waals surface area contributed by atoms with Crippen molar-refractivity contribution in [2.75, 3.05) is 0 Å². The van der Waals surface area contributed by atoms with Crippen molar-refractivity contribution in [3.05, 3.63) is 12.2 Å². The van der Waals surface area contributed by atoms with Crippen LogP contribution in [0.15, 0.2) is 12.2 Å². The normalized spacial score (nSPS) is 31.2. The van der Waals surface area contributed by atoms with E-state index in [1.165, 1.54) is 89.9 Å². The van der Waals surface area contributed by atoms with Crippen molar-refractivity contribution < 1.29 is 0 Å². The van der Waals surface area contributed by atoms with Crippen LogP contribution in [0, 0.1) is 11.8 Å². The maximum Gasteiger partial charge on any atom is -0.0205 e. The molecule has 1 saturated carbocycles. The Bertz CT molecular complexity index is 218. The third-order valence-corrected chi connectivity index (χ3v) is 5.05. The van der Waals surface area contributed by atoms with E-state index in [0.29, 0.717) is 0 Å². The summed E-state index contributed by atoms with van der Waals surface area (Å²) in [6, 6.07) is 0. The van der Waals surface area contributed by atoms with Crippen molar-refractivity contribution >= 4 is 0 Å². The van der Waals surface area contributed by atoms with E-state index in [2.05, 4.69) is 12.2 Å². The van der Waals surface area contributed by atoms with E-state index >= 15 is 0 Å². The molecule has 0 aromatic rings. The molecule has 0 aromatic heterocycles. The van der Waals surface area contributed by atoms with E-state index in [0.717, 1.165) is 11.8 Å². The van der Waals surface area contributed by atoms with Gasteiger partial charge in [0.15, 0.2) is 0 Å². The summed E-state index contributed by atoms with van der Waals surface area (Å²) in [5.41, 5.74) is 0. The third-order valence-electron chi connectivity index (χ3n) is 5.05. The Hall–Kier alpha value is -0.260. The largest absolute Gasteiger partial charge is 0.0882 e. The minimum atomic E-state index is 0.918. The fourth-order valence-electron chi connectivity index (χ4n) is 3.85. The molecule has 1 unspecified atom stereocenters. The molecule has 0 radical (unpaired) electrons. The summed E-state index contributed by atoms with van der Waals surface area (Å²) in [6.07, 6.45) is 25.7.